The third-order valence-electron chi connectivity index (χ3n) is 5.81. The maximum atomic E-state index is 13.0. The molecular formula is C22H33N3O2. The van der Waals surface area contributed by atoms with Crippen LogP contribution in [0.2, 0.25) is 0 Å². The monoisotopic (exact) mass is 371 g/mol. The number of anilines is 1. The molecular weight excluding hydrogens is 338 g/mol. The lowest BCUT2D eigenvalue weighted by atomic mass is 10.0. The molecule has 0 aliphatic carbocycles. The van der Waals surface area contributed by atoms with Gasteiger partial charge in [0, 0.05) is 50.9 Å². The van der Waals surface area contributed by atoms with Crippen LogP contribution in [0.3, 0.4) is 0 Å². The molecule has 148 valence electrons. The number of likely N-dealkylation sites (tertiary alicyclic amines) is 1. The van der Waals surface area contributed by atoms with Crippen molar-refractivity contribution in [1.29, 1.82) is 0 Å². The summed E-state index contributed by atoms with van der Waals surface area (Å²) in [6.07, 6.45) is 1.38. The molecule has 0 radical (unpaired) electrons. The molecule has 0 aromatic heterocycles. The summed E-state index contributed by atoms with van der Waals surface area (Å²) in [4.78, 5) is 31.5. The predicted octanol–water partition coefficient (Wildman–Crippen LogP) is 2.93. The van der Waals surface area contributed by atoms with Crippen LogP contribution < -0.4 is 4.90 Å². The van der Waals surface area contributed by atoms with Crippen molar-refractivity contribution >= 4 is 17.5 Å². The summed E-state index contributed by atoms with van der Waals surface area (Å²) < 4.78 is 0. The number of nitrogens with zero attached hydrogens (tertiary/aromatic N) is 3. The highest BCUT2D eigenvalue weighted by Crippen LogP contribution is 2.25. The Balaban J connectivity index is 1.57. The molecule has 2 amide bonds. The number of piperazine rings is 1. The van der Waals surface area contributed by atoms with Gasteiger partial charge in [-0.3, -0.25) is 9.59 Å². The Morgan fingerprint density at radius 1 is 1.22 bits per heavy atom. The molecule has 2 unspecified atom stereocenters. The topological polar surface area (TPSA) is 43.9 Å². The van der Waals surface area contributed by atoms with E-state index in [4.69, 9.17) is 0 Å². The maximum absolute atomic E-state index is 13.0. The van der Waals surface area contributed by atoms with Crippen molar-refractivity contribution in [3.05, 3.63) is 29.8 Å². The molecule has 27 heavy (non-hydrogen) atoms. The van der Waals surface area contributed by atoms with Crippen molar-refractivity contribution in [1.82, 2.24) is 9.80 Å². The quantitative estimate of drug-likeness (QED) is 0.799. The van der Waals surface area contributed by atoms with Crippen LogP contribution in [0, 0.1) is 18.8 Å². The summed E-state index contributed by atoms with van der Waals surface area (Å²) >= 11 is 0. The van der Waals surface area contributed by atoms with E-state index in [1.807, 2.05) is 9.80 Å². The van der Waals surface area contributed by atoms with E-state index in [2.05, 4.69) is 56.9 Å². The van der Waals surface area contributed by atoms with Gasteiger partial charge in [0.25, 0.3) is 0 Å². The highest BCUT2D eigenvalue weighted by molar-refractivity contribution is 5.89. The Bertz CT molecular complexity index is 688. The van der Waals surface area contributed by atoms with Gasteiger partial charge in [-0.05, 0) is 43.9 Å². The van der Waals surface area contributed by atoms with Gasteiger partial charge in [0.2, 0.25) is 11.8 Å². The molecule has 1 aromatic rings. The zero-order chi connectivity index (χ0) is 19.6. The first-order valence-electron chi connectivity index (χ1n) is 10.2. The number of rotatable bonds is 5. The molecule has 2 fully saturated rings. The van der Waals surface area contributed by atoms with Crippen molar-refractivity contribution in [2.75, 3.05) is 37.6 Å². The highest BCUT2D eigenvalue weighted by Gasteiger charge is 2.38. The zero-order valence-electron chi connectivity index (χ0n) is 17.1. The van der Waals surface area contributed by atoms with Gasteiger partial charge >= 0.3 is 0 Å². The Kier molecular flexibility index (Phi) is 6.08. The molecule has 5 heteroatoms. The smallest absolute Gasteiger partial charge is 0.228 e. The van der Waals surface area contributed by atoms with Crippen molar-refractivity contribution < 1.29 is 9.59 Å². The Labute approximate surface area is 163 Å². The van der Waals surface area contributed by atoms with Crippen LogP contribution in [-0.2, 0) is 9.59 Å². The van der Waals surface area contributed by atoms with E-state index in [0.717, 1.165) is 32.6 Å². The van der Waals surface area contributed by atoms with Gasteiger partial charge in [0.05, 0.1) is 5.92 Å². The van der Waals surface area contributed by atoms with E-state index in [0.29, 0.717) is 18.9 Å². The number of carbonyl (C=O) groups excluding carboxylic acids is 2. The van der Waals surface area contributed by atoms with Gasteiger partial charge in [0.1, 0.15) is 0 Å². The minimum atomic E-state index is -0.164. The van der Waals surface area contributed by atoms with Gasteiger partial charge in [-0.15, -0.1) is 0 Å². The average Bonchev–Trinajstić information content (AvgIpc) is 3.00. The minimum Gasteiger partial charge on any atom is -0.365 e. The normalized spacial score (nSPS) is 23.4. The molecule has 0 spiro atoms. The molecule has 2 heterocycles. The van der Waals surface area contributed by atoms with Crippen LogP contribution in [-0.4, -0.2) is 60.4 Å². The lowest BCUT2D eigenvalue weighted by Gasteiger charge is -2.42. The maximum Gasteiger partial charge on any atom is 0.228 e. The van der Waals surface area contributed by atoms with E-state index in [-0.39, 0.29) is 23.8 Å². The van der Waals surface area contributed by atoms with Crippen molar-refractivity contribution in [3.8, 4) is 0 Å². The fourth-order valence-corrected chi connectivity index (χ4v) is 4.17. The van der Waals surface area contributed by atoms with Gasteiger partial charge in [-0.25, -0.2) is 0 Å². The first-order valence-corrected chi connectivity index (χ1v) is 10.2. The number of carbonyl (C=O) groups is 2. The molecule has 0 N–H and O–H groups in total. The summed E-state index contributed by atoms with van der Waals surface area (Å²) in [6, 6.07) is 8.82. The van der Waals surface area contributed by atoms with Crippen molar-refractivity contribution in [2.45, 2.75) is 46.6 Å². The van der Waals surface area contributed by atoms with E-state index in [9.17, 15) is 9.59 Å². The second kappa shape index (κ2) is 8.32. The number of amides is 2. The van der Waals surface area contributed by atoms with Gasteiger partial charge < -0.3 is 14.7 Å². The van der Waals surface area contributed by atoms with Gasteiger partial charge in [0.15, 0.2) is 0 Å². The lowest BCUT2D eigenvalue weighted by Crippen LogP contribution is -2.55. The molecule has 2 aliphatic rings. The zero-order valence-corrected chi connectivity index (χ0v) is 17.1. The van der Waals surface area contributed by atoms with Crippen LogP contribution in [0.1, 0.15) is 39.2 Å². The minimum absolute atomic E-state index is 0.139. The summed E-state index contributed by atoms with van der Waals surface area (Å²) in [6.45, 7) is 12.3. The lowest BCUT2D eigenvalue weighted by molar-refractivity contribution is -0.136. The van der Waals surface area contributed by atoms with Crippen LogP contribution in [0.15, 0.2) is 24.3 Å². The third kappa shape index (κ3) is 4.63. The Hall–Kier alpha value is -2.04. The van der Waals surface area contributed by atoms with E-state index in [1.54, 1.807) is 0 Å². The summed E-state index contributed by atoms with van der Waals surface area (Å²) in [5, 5.41) is 0. The largest absolute Gasteiger partial charge is 0.365 e. The fourth-order valence-electron chi connectivity index (χ4n) is 4.17. The first kappa shape index (κ1) is 19.7. The Morgan fingerprint density at radius 2 is 2.00 bits per heavy atom. The molecule has 2 saturated heterocycles. The molecule has 2 aliphatic heterocycles. The SMILES string of the molecule is Cc1cccc(N2CCN(C(=O)C3CC(=O)N(CCC(C)C)C3)CC2C)c1. The van der Waals surface area contributed by atoms with E-state index in [1.165, 1.54) is 11.3 Å². The molecule has 5 nitrogen and oxygen atoms in total. The number of benzene rings is 1. The number of hydrogen-bond donors (Lipinski definition) is 0. The van der Waals surface area contributed by atoms with Crippen LogP contribution in [0.25, 0.3) is 0 Å². The van der Waals surface area contributed by atoms with Gasteiger partial charge in [-0.2, -0.15) is 0 Å². The fraction of sp³-hybridized carbons (Fsp3) is 0.636. The van der Waals surface area contributed by atoms with Crippen molar-refractivity contribution in [3.63, 3.8) is 0 Å². The summed E-state index contributed by atoms with van der Waals surface area (Å²) in [7, 11) is 0. The summed E-state index contributed by atoms with van der Waals surface area (Å²) in [5.41, 5.74) is 2.48. The first-order chi connectivity index (χ1) is 12.8. The predicted molar refractivity (Wildman–Crippen MR) is 109 cm³/mol. The highest BCUT2D eigenvalue weighted by atomic mass is 16.2. The average molecular weight is 372 g/mol. The second-order valence-electron chi connectivity index (χ2n) is 8.59. The molecule has 0 bridgehead atoms. The van der Waals surface area contributed by atoms with Crippen LogP contribution in [0.4, 0.5) is 5.69 Å². The molecule has 2 atom stereocenters. The second-order valence-corrected chi connectivity index (χ2v) is 8.59. The molecule has 1 aromatic carbocycles. The van der Waals surface area contributed by atoms with Crippen molar-refractivity contribution in [2.24, 2.45) is 11.8 Å². The van der Waals surface area contributed by atoms with Crippen LogP contribution >= 0.6 is 0 Å². The third-order valence-corrected chi connectivity index (χ3v) is 5.81. The number of aryl methyl sites for hydroxylation is 1. The summed E-state index contributed by atoms with van der Waals surface area (Å²) in [5.74, 6) is 0.706. The molecule has 3 rings (SSSR count). The van der Waals surface area contributed by atoms with Crippen LogP contribution in [0.5, 0.6) is 0 Å². The van der Waals surface area contributed by atoms with E-state index >= 15 is 0 Å². The Morgan fingerprint density at radius 3 is 2.67 bits per heavy atom. The standard InChI is InChI=1S/C22H33N3O2/c1-16(2)8-9-23-15-19(13-21(23)26)22(27)24-10-11-25(18(4)14-24)20-7-5-6-17(3)12-20/h5-7,12,16,18-19H,8-11,13-15H2,1-4H3. The van der Waals surface area contributed by atoms with Gasteiger partial charge in [-0.1, -0.05) is 26.0 Å². The van der Waals surface area contributed by atoms with E-state index < -0.39 is 0 Å². The number of hydrogen-bond acceptors (Lipinski definition) is 3. The molecule has 0 saturated carbocycles.